The van der Waals surface area contributed by atoms with E-state index < -0.39 is 37.5 Å². The van der Waals surface area contributed by atoms with Gasteiger partial charge in [0.05, 0.1) is 24.2 Å². The van der Waals surface area contributed by atoms with Crippen LogP contribution in [0.1, 0.15) is 0 Å². The summed E-state index contributed by atoms with van der Waals surface area (Å²) in [5.74, 6) is -0.915. The Balaban J connectivity index is 4.40. The van der Waals surface area contributed by atoms with Gasteiger partial charge in [0, 0.05) is 27.0 Å². The van der Waals surface area contributed by atoms with Crippen LogP contribution in [0.25, 0.3) is 0 Å². The van der Waals surface area contributed by atoms with Crippen molar-refractivity contribution >= 4 is 19.9 Å². The quantitative estimate of drug-likeness (QED) is 0.571. The number of likely N-dealkylation sites (N-methyl/N-ethyl adjacent to an activating group) is 1. The highest BCUT2D eigenvalue weighted by Crippen LogP contribution is 2.01. The Labute approximate surface area is 102 Å². The van der Waals surface area contributed by atoms with E-state index in [1.165, 1.54) is 14.2 Å². The standard InChI is InChI=1S/C8H19NO6S2/c1-9(6-8(10)7-15-2)17(13,14)5-4-16(3,11)12/h8,10H,4-7H2,1-3H3. The Hall–Kier alpha value is -0.220. The van der Waals surface area contributed by atoms with Gasteiger partial charge in [-0.3, -0.25) is 0 Å². The van der Waals surface area contributed by atoms with Crippen molar-refractivity contribution in [3.05, 3.63) is 0 Å². The third-order valence-corrected chi connectivity index (χ3v) is 5.04. The maximum absolute atomic E-state index is 11.6. The lowest BCUT2D eigenvalue weighted by molar-refractivity contribution is 0.0554. The molecule has 0 bridgehead atoms. The van der Waals surface area contributed by atoms with Crippen LogP contribution in [0.2, 0.25) is 0 Å². The van der Waals surface area contributed by atoms with Gasteiger partial charge in [0.25, 0.3) is 0 Å². The number of rotatable bonds is 8. The second-order valence-electron chi connectivity index (χ2n) is 3.84. The molecular formula is C8H19NO6S2. The van der Waals surface area contributed by atoms with Crippen LogP contribution < -0.4 is 0 Å². The highest BCUT2D eigenvalue weighted by molar-refractivity contribution is 7.93. The molecule has 9 heteroatoms. The first-order valence-corrected chi connectivity index (χ1v) is 8.54. The van der Waals surface area contributed by atoms with Gasteiger partial charge in [-0.1, -0.05) is 0 Å². The maximum Gasteiger partial charge on any atom is 0.214 e. The van der Waals surface area contributed by atoms with E-state index >= 15 is 0 Å². The Morgan fingerprint density at radius 3 is 2.18 bits per heavy atom. The molecule has 0 fully saturated rings. The summed E-state index contributed by atoms with van der Waals surface area (Å²) in [4.78, 5) is 0. The molecule has 0 heterocycles. The molecule has 0 saturated heterocycles. The third kappa shape index (κ3) is 7.66. The average Bonchev–Trinajstić information content (AvgIpc) is 2.14. The van der Waals surface area contributed by atoms with Gasteiger partial charge in [0.1, 0.15) is 9.84 Å². The van der Waals surface area contributed by atoms with Gasteiger partial charge < -0.3 is 9.84 Å². The Morgan fingerprint density at radius 2 is 1.76 bits per heavy atom. The molecule has 0 rings (SSSR count). The van der Waals surface area contributed by atoms with Gasteiger partial charge in [-0.15, -0.1) is 0 Å². The van der Waals surface area contributed by atoms with Gasteiger partial charge in [-0.05, 0) is 0 Å². The SMILES string of the molecule is COCC(O)CN(C)S(=O)(=O)CCS(C)(=O)=O. The molecule has 1 N–H and O–H groups in total. The largest absolute Gasteiger partial charge is 0.389 e. The van der Waals surface area contributed by atoms with Gasteiger partial charge in [0.15, 0.2) is 0 Å². The number of hydrogen-bond acceptors (Lipinski definition) is 6. The van der Waals surface area contributed by atoms with Crippen LogP contribution in [0.3, 0.4) is 0 Å². The van der Waals surface area contributed by atoms with Gasteiger partial charge in [-0.25, -0.2) is 21.1 Å². The third-order valence-electron chi connectivity index (χ3n) is 2.01. The maximum atomic E-state index is 11.6. The second-order valence-corrected chi connectivity index (χ2v) is 8.29. The highest BCUT2D eigenvalue weighted by Gasteiger charge is 2.22. The Morgan fingerprint density at radius 1 is 1.24 bits per heavy atom. The molecule has 0 aliphatic carbocycles. The first kappa shape index (κ1) is 16.8. The minimum Gasteiger partial charge on any atom is -0.389 e. The molecule has 1 unspecified atom stereocenters. The van der Waals surface area contributed by atoms with E-state index in [1.807, 2.05) is 0 Å². The highest BCUT2D eigenvalue weighted by atomic mass is 32.2. The minimum absolute atomic E-state index is 0.0198. The van der Waals surface area contributed by atoms with E-state index in [2.05, 4.69) is 4.74 Å². The summed E-state index contributed by atoms with van der Waals surface area (Å²) in [5.41, 5.74) is 0. The molecule has 0 aromatic heterocycles. The number of aliphatic hydroxyl groups excluding tert-OH is 1. The van der Waals surface area contributed by atoms with Crippen LogP contribution >= 0.6 is 0 Å². The summed E-state index contributed by atoms with van der Waals surface area (Å²) in [7, 11) is -4.31. The number of ether oxygens (including phenoxy) is 1. The molecule has 17 heavy (non-hydrogen) atoms. The number of nitrogens with zero attached hydrogens (tertiary/aromatic N) is 1. The summed E-state index contributed by atoms with van der Waals surface area (Å²) in [6, 6.07) is 0. The van der Waals surface area contributed by atoms with E-state index in [9.17, 15) is 21.9 Å². The number of sulfonamides is 1. The predicted octanol–water partition coefficient (Wildman–Crippen LogP) is -1.70. The van der Waals surface area contributed by atoms with Crippen molar-refractivity contribution in [1.82, 2.24) is 4.31 Å². The molecule has 0 amide bonds. The molecule has 7 nitrogen and oxygen atoms in total. The van der Waals surface area contributed by atoms with Crippen molar-refractivity contribution in [2.45, 2.75) is 6.10 Å². The average molecular weight is 289 g/mol. The van der Waals surface area contributed by atoms with Gasteiger partial charge >= 0.3 is 0 Å². The molecule has 0 aliphatic rings. The summed E-state index contributed by atoms with van der Waals surface area (Å²) in [6.07, 6.45) is 0.0421. The van der Waals surface area contributed by atoms with Crippen molar-refractivity contribution in [3.63, 3.8) is 0 Å². The molecule has 1 atom stereocenters. The molecule has 0 radical (unpaired) electrons. The zero-order chi connectivity index (χ0) is 13.7. The van der Waals surface area contributed by atoms with Gasteiger partial charge in [-0.2, -0.15) is 0 Å². The number of methoxy groups -OCH3 is 1. The molecule has 0 aliphatic heterocycles. The monoisotopic (exact) mass is 289 g/mol. The molecule has 0 aromatic carbocycles. The first-order chi connectivity index (χ1) is 7.58. The number of aliphatic hydroxyl groups is 1. The lowest BCUT2D eigenvalue weighted by atomic mass is 10.4. The molecule has 0 saturated carbocycles. The predicted molar refractivity (Wildman–Crippen MR) is 64.0 cm³/mol. The Bertz CT molecular complexity index is 415. The zero-order valence-electron chi connectivity index (χ0n) is 10.2. The lowest BCUT2D eigenvalue weighted by Gasteiger charge is -2.19. The zero-order valence-corrected chi connectivity index (χ0v) is 11.8. The van der Waals surface area contributed by atoms with Crippen molar-refractivity contribution in [2.24, 2.45) is 0 Å². The first-order valence-electron chi connectivity index (χ1n) is 4.87. The fourth-order valence-corrected chi connectivity index (χ4v) is 3.83. The van der Waals surface area contributed by atoms with Crippen LogP contribution in [0.4, 0.5) is 0 Å². The van der Waals surface area contributed by atoms with Gasteiger partial charge in [0.2, 0.25) is 10.0 Å². The van der Waals surface area contributed by atoms with Crippen LogP contribution in [-0.2, 0) is 24.6 Å². The molecule has 104 valence electrons. The van der Waals surface area contributed by atoms with E-state index in [0.717, 1.165) is 10.6 Å². The number of hydrogen-bond donors (Lipinski definition) is 1. The van der Waals surface area contributed by atoms with Crippen LogP contribution in [0, 0.1) is 0 Å². The summed E-state index contributed by atoms with van der Waals surface area (Å²) in [5, 5.41) is 9.36. The summed E-state index contributed by atoms with van der Waals surface area (Å²) in [6.45, 7) is -0.105. The van der Waals surface area contributed by atoms with E-state index in [4.69, 9.17) is 0 Å². The van der Waals surface area contributed by atoms with Crippen LogP contribution in [0.5, 0.6) is 0 Å². The lowest BCUT2D eigenvalue weighted by Crippen LogP contribution is -2.38. The van der Waals surface area contributed by atoms with Crippen molar-refractivity contribution in [1.29, 1.82) is 0 Å². The smallest absolute Gasteiger partial charge is 0.214 e. The fraction of sp³-hybridized carbons (Fsp3) is 1.00. The van der Waals surface area contributed by atoms with Crippen molar-refractivity contribution in [2.75, 3.05) is 45.1 Å². The van der Waals surface area contributed by atoms with E-state index in [0.29, 0.717) is 0 Å². The van der Waals surface area contributed by atoms with E-state index in [1.54, 1.807) is 0 Å². The number of sulfone groups is 1. The minimum atomic E-state index is -3.67. The van der Waals surface area contributed by atoms with E-state index in [-0.39, 0.29) is 13.2 Å². The molecule has 0 aromatic rings. The topological polar surface area (TPSA) is 101 Å². The Kier molecular flexibility index (Phi) is 6.56. The van der Waals surface area contributed by atoms with Crippen molar-refractivity contribution < 1.29 is 26.7 Å². The van der Waals surface area contributed by atoms with Crippen LogP contribution in [-0.4, -0.2) is 77.4 Å². The van der Waals surface area contributed by atoms with Crippen molar-refractivity contribution in [3.8, 4) is 0 Å². The summed E-state index contributed by atoms with van der Waals surface area (Å²) >= 11 is 0. The molecule has 0 spiro atoms. The molecular weight excluding hydrogens is 270 g/mol. The fourth-order valence-electron chi connectivity index (χ4n) is 1.07. The summed E-state index contributed by atoms with van der Waals surface area (Å²) < 4.78 is 50.6. The normalized spacial score (nSPS) is 15.1. The van der Waals surface area contributed by atoms with Crippen LogP contribution in [0.15, 0.2) is 0 Å². The second kappa shape index (κ2) is 6.64.